The van der Waals surface area contributed by atoms with Crippen LogP contribution in [0.15, 0.2) is 53.9 Å². The van der Waals surface area contributed by atoms with Gasteiger partial charge in [-0.3, -0.25) is 4.79 Å². The van der Waals surface area contributed by atoms with Gasteiger partial charge < -0.3 is 4.74 Å². The summed E-state index contributed by atoms with van der Waals surface area (Å²) in [6.07, 6.45) is 0. The zero-order valence-electron chi connectivity index (χ0n) is 12.8. The highest BCUT2D eigenvalue weighted by Gasteiger charge is 2.20. The Bertz CT molecular complexity index is 864. The van der Waals surface area contributed by atoms with E-state index in [1.165, 1.54) is 29.5 Å². The Kier molecular flexibility index (Phi) is 4.54. The van der Waals surface area contributed by atoms with Gasteiger partial charge in [0, 0.05) is 10.9 Å². The Morgan fingerprint density at radius 3 is 2.58 bits per heavy atom. The molecule has 0 radical (unpaired) electrons. The molecule has 122 valence electrons. The molecule has 1 aromatic heterocycles. The number of amides is 1. The number of hydrogen-bond donors (Lipinski definition) is 1. The summed E-state index contributed by atoms with van der Waals surface area (Å²) in [5, 5.41) is 2.93. The van der Waals surface area contributed by atoms with Crippen molar-refractivity contribution >= 4 is 22.4 Å². The zero-order valence-corrected chi connectivity index (χ0v) is 13.6. The first kappa shape index (κ1) is 16.1. The smallest absolute Gasteiger partial charge is 0.277 e. The van der Waals surface area contributed by atoms with E-state index >= 15 is 0 Å². The number of aromatic nitrogens is 1. The summed E-state index contributed by atoms with van der Waals surface area (Å²) in [4.78, 5) is 16.7. The quantitative estimate of drug-likeness (QED) is 0.447. The van der Waals surface area contributed by atoms with Crippen molar-refractivity contribution in [3.63, 3.8) is 0 Å². The van der Waals surface area contributed by atoms with Crippen LogP contribution in [0.1, 0.15) is 10.4 Å². The van der Waals surface area contributed by atoms with Gasteiger partial charge in [-0.05, 0) is 36.4 Å². The third kappa shape index (κ3) is 3.12. The fourth-order valence-corrected chi connectivity index (χ4v) is 2.87. The van der Waals surface area contributed by atoms with E-state index in [1.54, 1.807) is 18.6 Å². The molecule has 2 aromatic carbocycles. The van der Waals surface area contributed by atoms with E-state index in [4.69, 9.17) is 10.6 Å². The summed E-state index contributed by atoms with van der Waals surface area (Å²) in [6, 6.07) is 13.0. The molecule has 2 N–H and O–H groups in total. The SMILES string of the molecule is COc1ccc(-c2csc(N(N)C(=O)c3ccccc3F)n2)cc1. The summed E-state index contributed by atoms with van der Waals surface area (Å²) in [5.41, 5.74) is 1.45. The molecule has 0 aliphatic carbocycles. The molecule has 1 amide bonds. The highest BCUT2D eigenvalue weighted by molar-refractivity contribution is 7.14. The van der Waals surface area contributed by atoms with Gasteiger partial charge in [-0.2, -0.15) is 0 Å². The number of benzene rings is 2. The lowest BCUT2D eigenvalue weighted by molar-refractivity contribution is 0.0983. The maximum atomic E-state index is 13.7. The second kappa shape index (κ2) is 6.77. The van der Waals surface area contributed by atoms with Gasteiger partial charge in [0.25, 0.3) is 5.91 Å². The Morgan fingerprint density at radius 2 is 1.92 bits per heavy atom. The molecule has 0 atom stereocenters. The number of carbonyl (C=O) groups is 1. The predicted molar refractivity (Wildman–Crippen MR) is 91.5 cm³/mol. The van der Waals surface area contributed by atoms with Crippen molar-refractivity contribution in [3.05, 3.63) is 65.3 Å². The molecule has 0 aliphatic rings. The summed E-state index contributed by atoms with van der Waals surface area (Å²) in [5.74, 6) is 5.29. The number of halogens is 1. The van der Waals surface area contributed by atoms with Gasteiger partial charge in [0.15, 0.2) is 0 Å². The number of carbonyl (C=O) groups excluding carboxylic acids is 1. The van der Waals surface area contributed by atoms with Gasteiger partial charge in [0.2, 0.25) is 5.13 Å². The molecule has 0 spiro atoms. The van der Waals surface area contributed by atoms with Crippen LogP contribution in [0.5, 0.6) is 5.75 Å². The van der Waals surface area contributed by atoms with Crippen molar-refractivity contribution < 1.29 is 13.9 Å². The van der Waals surface area contributed by atoms with E-state index in [0.717, 1.165) is 16.3 Å². The van der Waals surface area contributed by atoms with Crippen molar-refractivity contribution in [2.45, 2.75) is 0 Å². The minimum absolute atomic E-state index is 0.0961. The summed E-state index contributed by atoms with van der Waals surface area (Å²) < 4.78 is 18.8. The summed E-state index contributed by atoms with van der Waals surface area (Å²) in [6.45, 7) is 0. The normalized spacial score (nSPS) is 10.5. The van der Waals surface area contributed by atoms with E-state index < -0.39 is 11.7 Å². The number of hydrogen-bond acceptors (Lipinski definition) is 5. The highest BCUT2D eigenvalue weighted by atomic mass is 32.1. The number of hydrazine groups is 1. The van der Waals surface area contributed by atoms with E-state index in [-0.39, 0.29) is 10.7 Å². The standard InChI is InChI=1S/C17H14FN3O2S/c1-23-12-8-6-11(7-9-12)15-10-24-17(20-15)21(19)16(22)13-4-2-3-5-14(13)18/h2-10H,19H2,1H3. The largest absolute Gasteiger partial charge is 0.497 e. The molecule has 3 aromatic rings. The van der Waals surface area contributed by atoms with Crippen molar-refractivity contribution in [1.29, 1.82) is 0 Å². The zero-order chi connectivity index (χ0) is 17.1. The fourth-order valence-electron chi connectivity index (χ4n) is 2.12. The first-order valence-electron chi connectivity index (χ1n) is 7.04. The average Bonchev–Trinajstić information content (AvgIpc) is 3.11. The number of methoxy groups -OCH3 is 1. The van der Waals surface area contributed by atoms with Crippen molar-refractivity contribution in [1.82, 2.24) is 4.98 Å². The third-order valence-corrected chi connectivity index (χ3v) is 4.25. The maximum Gasteiger partial charge on any atom is 0.277 e. The van der Waals surface area contributed by atoms with Crippen LogP contribution in [0.3, 0.4) is 0 Å². The van der Waals surface area contributed by atoms with Crippen molar-refractivity contribution in [2.24, 2.45) is 5.84 Å². The Balaban J connectivity index is 1.84. The minimum Gasteiger partial charge on any atom is -0.497 e. The monoisotopic (exact) mass is 343 g/mol. The Hall–Kier alpha value is -2.77. The van der Waals surface area contributed by atoms with Crippen LogP contribution in [0.25, 0.3) is 11.3 Å². The number of nitrogens with zero attached hydrogens (tertiary/aromatic N) is 2. The van der Waals surface area contributed by atoms with Gasteiger partial charge in [-0.1, -0.05) is 12.1 Å². The van der Waals surface area contributed by atoms with Crippen LogP contribution in [0, 0.1) is 5.82 Å². The number of ether oxygens (including phenoxy) is 1. The first-order valence-corrected chi connectivity index (χ1v) is 7.91. The molecule has 0 fully saturated rings. The topological polar surface area (TPSA) is 68.5 Å². The molecule has 24 heavy (non-hydrogen) atoms. The van der Waals surface area contributed by atoms with Crippen LogP contribution >= 0.6 is 11.3 Å². The molecule has 0 unspecified atom stereocenters. The molecule has 1 heterocycles. The number of anilines is 1. The molecule has 5 nitrogen and oxygen atoms in total. The summed E-state index contributed by atoms with van der Waals surface area (Å²) in [7, 11) is 1.59. The third-order valence-electron chi connectivity index (χ3n) is 3.41. The van der Waals surface area contributed by atoms with E-state index in [1.807, 2.05) is 24.3 Å². The highest BCUT2D eigenvalue weighted by Crippen LogP contribution is 2.28. The molecule has 3 rings (SSSR count). The van der Waals surface area contributed by atoms with Crippen LogP contribution in [0.2, 0.25) is 0 Å². The number of nitrogens with two attached hydrogens (primary N) is 1. The van der Waals surface area contributed by atoms with Crippen LogP contribution in [0.4, 0.5) is 9.52 Å². The van der Waals surface area contributed by atoms with Crippen LogP contribution < -0.4 is 15.6 Å². The lowest BCUT2D eigenvalue weighted by Gasteiger charge is -2.13. The molecular formula is C17H14FN3O2S. The molecule has 0 saturated heterocycles. The minimum atomic E-state index is -0.649. The lowest BCUT2D eigenvalue weighted by Crippen LogP contribution is -2.37. The van der Waals surface area contributed by atoms with Crippen LogP contribution in [-0.4, -0.2) is 18.0 Å². The lowest BCUT2D eigenvalue weighted by atomic mass is 10.2. The average molecular weight is 343 g/mol. The van der Waals surface area contributed by atoms with Gasteiger partial charge in [0.05, 0.1) is 18.4 Å². The van der Waals surface area contributed by atoms with Crippen LogP contribution in [-0.2, 0) is 0 Å². The Morgan fingerprint density at radius 1 is 1.21 bits per heavy atom. The van der Waals surface area contributed by atoms with E-state index in [0.29, 0.717) is 5.69 Å². The molecule has 0 bridgehead atoms. The molecular weight excluding hydrogens is 329 g/mol. The van der Waals surface area contributed by atoms with Gasteiger partial charge in [-0.15, -0.1) is 11.3 Å². The number of thiazole rings is 1. The van der Waals surface area contributed by atoms with Crippen molar-refractivity contribution in [2.75, 3.05) is 12.1 Å². The maximum absolute atomic E-state index is 13.7. The predicted octanol–water partition coefficient (Wildman–Crippen LogP) is 3.48. The number of rotatable bonds is 4. The molecule has 0 aliphatic heterocycles. The Labute approximate surface area is 142 Å². The van der Waals surface area contributed by atoms with E-state index in [9.17, 15) is 9.18 Å². The van der Waals surface area contributed by atoms with Crippen molar-refractivity contribution in [3.8, 4) is 17.0 Å². The second-order valence-electron chi connectivity index (χ2n) is 4.90. The fraction of sp³-hybridized carbons (Fsp3) is 0.0588. The van der Waals surface area contributed by atoms with E-state index in [2.05, 4.69) is 4.98 Å². The molecule has 0 saturated carbocycles. The summed E-state index contributed by atoms with van der Waals surface area (Å²) >= 11 is 1.21. The van der Waals surface area contributed by atoms with Gasteiger partial charge >= 0.3 is 0 Å². The molecule has 7 heteroatoms. The van der Waals surface area contributed by atoms with Gasteiger partial charge in [0.1, 0.15) is 11.6 Å². The second-order valence-corrected chi connectivity index (χ2v) is 5.74. The first-order chi connectivity index (χ1) is 11.6. The van der Waals surface area contributed by atoms with Gasteiger partial charge in [-0.25, -0.2) is 20.2 Å².